The lowest BCUT2D eigenvalue weighted by Crippen LogP contribution is -2.19. The van der Waals surface area contributed by atoms with Crippen LogP contribution in [0.15, 0.2) is 41.3 Å². The van der Waals surface area contributed by atoms with Crippen molar-refractivity contribution in [3.63, 3.8) is 0 Å². The highest BCUT2D eigenvalue weighted by Gasteiger charge is 2.13. The Balaban J connectivity index is 2.60. The summed E-state index contributed by atoms with van der Waals surface area (Å²) in [6.45, 7) is 1.73. The second kappa shape index (κ2) is 5.06. The first-order valence-corrected chi connectivity index (χ1v) is 5.60. The van der Waals surface area contributed by atoms with E-state index in [0.717, 1.165) is 0 Å². The van der Waals surface area contributed by atoms with E-state index in [1.807, 2.05) is 0 Å². The summed E-state index contributed by atoms with van der Waals surface area (Å²) in [6.07, 6.45) is 1.40. The third kappa shape index (κ3) is 2.54. The number of hydrogen-bond acceptors (Lipinski definition) is 3. The molecule has 0 aliphatic carbocycles. The van der Waals surface area contributed by atoms with E-state index in [0.29, 0.717) is 11.4 Å². The third-order valence-corrected chi connectivity index (χ3v) is 2.75. The number of carbonyl (C=O) groups excluding carboxylic acids is 1. The number of rotatable bonds is 2. The number of nitrogens with zero attached hydrogens (tertiary/aromatic N) is 1. The van der Waals surface area contributed by atoms with Crippen molar-refractivity contribution in [2.75, 3.05) is 7.11 Å². The number of benzene rings is 1. The molecule has 5 heteroatoms. The van der Waals surface area contributed by atoms with Crippen LogP contribution in [0.25, 0.3) is 5.69 Å². The van der Waals surface area contributed by atoms with Crippen LogP contribution in [0.5, 0.6) is 0 Å². The van der Waals surface area contributed by atoms with Crippen molar-refractivity contribution in [1.82, 2.24) is 4.57 Å². The van der Waals surface area contributed by atoms with E-state index in [4.69, 9.17) is 0 Å². The van der Waals surface area contributed by atoms with Crippen LogP contribution in [-0.4, -0.2) is 17.6 Å². The molecule has 0 N–H and O–H groups in total. The van der Waals surface area contributed by atoms with E-state index in [1.54, 1.807) is 23.6 Å². The summed E-state index contributed by atoms with van der Waals surface area (Å²) in [5.74, 6) is -1.04. The maximum Gasteiger partial charge on any atom is 0.343 e. The lowest BCUT2D eigenvalue weighted by molar-refractivity contribution is 0.0598. The highest BCUT2D eigenvalue weighted by Crippen LogP contribution is 2.12. The van der Waals surface area contributed by atoms with Gasteiger partial charge in [0.1, 0.15) is 11.4 Å². The van der Waals surface area contributed by atoms with Crippen molar-refractivity contribution >= 4 is 5.97 Å². The molecule has 0 fully saturated rings. The van der Waals surface area contributed by atoms with Gasteiger partial charge in [-0.2, -0.15) is 0 Å². The Bertz CT molecular complexity index is 674. The van der Waals surface area contributed by atoms with Gasteiger partial charge in [-0.3, -0.25) is 4.79 Å². The number of esters is 1. The number of halogens is 1. The zero-order valence-electron chi connectivity index (χ0n) is 10.5. The first-order valence-electron chi connectivity index (χ1n) is 5.60. The summed E-state index contributed by atoms with van der Waals surface area (Å²) in [7, 11) is 1.21. The van der Waals surface area contributed by atoms with Crippen LogP contribution in [0.4, 0.5) is 4.39 Å². The van der Waals surface area contributed by atoms with Crippen LogP contribution in [-0.2, 0) is 4.74 Å². The predicted octanol–water partition coefficient (Wildman–Crippen LogP) is 2.07. The smallest absolute Gasteiger partial charge is 0.343 e. The number of methoxy groups -OCH3 is 1. The fourth-order valence-corrected chi connectivity index (χ4v) is 1.77. The van der Waals surface area contributed by atoms with Crippen molar-refractivity contribution in [2.45, 2.75) is 6.92 Å². The number of carbonyl (C=O) groups is 1. The van der Waals surface area contributed by atoms with Gasteiger partial charge in [0.25, 0.3) is 0 Å². The van der Waals surface area contributed by atoms with E-state index in [2.05, 4.69) is 4.74 Å². The van der Waals surface area contributed by atoms with Crippen LogP contribution in [0.2, 0.25) is 0 Å². The van der Waals surface area contributed by atoms with Crippen LogP contribution in [0.3, 0.4) is 0 Å². The summed E-state index contributed by atoms with van der Waals surface area (Å²) < 4.78 is 19.1. The van der Waals surface area contributed by atoms with E-state index in [1.165, 1.54) is 31.5 Å². The number of aromatic nitrogens is 1. The lowest BCUT2D eigenvalue weighted by Gasteiger charge is -2.11. The molecule has 98 valence electrons. The van der Waals surface area contributed by atoms with Gasteiger partial charge < -0.3 is 9.30 Å². The Morgan fingerprint density at radius 1 is 1.26 bits per heavy atom. The van der Waals surface area contributed by atoms with Crippen LogP contribution in [0.1, 0.15) is 16.1 Å². The van der Waals surface area contributed by atoms with Crippen LogP contribution < -0.4 is 5.43 Å². The molecule has 19 heavy (non-hydrogen) atoms. The minimum absolute atomic E-state index is 0.0579. The average Bonchev–Trinajstić information content (AvgIpc) is 2.39. The normalized spacial score (nSPS) is 10.3. The maximum atomic E-state index is 12.9. The summed E-state index contributed by atoms with van der Waals surface area (Å²) in [4.78, 5) is 23.2. The van der Waals surface area contributed by atoms with Crippen molar-refractivity contribution in [2.24, 2.45) is 0 Å². The van der Waals surface area contributed by atoms with Gasteiger partial charge in [-0.25, -0.2) is 9.18 Å². The molecule has 1 heterocycles. The summed E-state index contributed by atoms with van der Waals surface area (Å²) in [6, 6.07) is 7.09. The summed E-state index contributed by atoms with van der Waals surface area (Å²) in [5, 5.41) is 0. The molecule has 0 atom stereocenters. The molecule has 2 rings (SSSR count). The van der Waals surface area contributed by atoms with Crippen molar-refractivity contribution < 1.29 is 13.9 Å². The van der Waals surface area contributed by atoms with Gasteiger partial charge in [-0.1, -0.05) is 0 Å². The third-order valence-electron chi connectivity index (χ3n) is 2.75. The summed E-state index contributed by atoms with van der Waals surface area (Å²) in [5.41, 5.74) is 0.841. The van der Waals surface area contributed by atoms with Crippen molar-refractivity contribution in [3.8, 4) is 5.69 Å². The molecular formula is C14H12FNO3. The first-order chi connectivity index (χ1) is 9.02. The van der Waals surface area contributed by atoms with Gasteiger partial charge >= 0.3 is 5.97 Å². The van der Waals surface area contributed by atoms with Gasteiger partial charge in [0, 0.05) is 23.6 Å². The zero-order chi connectivity index (χ0) is 14.0. The highest BCUT2D eigenvalue weighted by atomic mass is 19.1. The molecule has 0 amide bonds. The largest absolute Gasteiger partial charge is 0.465 e. The Morgan fingerprint density at radius 2 is 1.89 bits per heavy atom. The SMILES string of the molecule is COC(=O)c1cn(-c2ccc(F)cc2)c(C)cc1=O. The summed E-state index contributed by atoms with van der Waals surface area (Å²) >= 11 is 0. The Labute approximate surface area is 109 Å². The van der Waals surface area contributed by atoms with Gasteiger partial charge in [0.05, 0.1) is 7.11 Å². The molecule has 1 aromatic heterocycles. The molecular weight excluding hydrogens is 249 g/mol. The Morgan fingerprint density at radius 3 is 2.47 bits per heavy atom. The van der Waals surface area contributed by atoms with Gasteiger partial charge in [0.2, 0.25) is 0 Å². The molecule has 0 aliphatic rings. The number of aryl methyl sites for hydroxylation is 1. The maximum absolute atomic E-state index is 12.9. The van der Waals surface area contributed by atoms with E-state index < -0.39 is 11.4 Å². The number of hydrogen-bond donors (Lipinski definition) is 0. The van der Waals surface area contributed by atoms with Crippen LogP contribution in [0, 0.1) is 12.7 Å². The first kappa shape index (κ1) is 13.0. The second-order valence-corrected chi connectivity index (χ2v) is 4.03. The molecule has 0 saturated heterocycles. The molecule has 0 bridgehead atoms. The standard InChI is InChI=1S/C14H12FNO3/c1-9-7-13(17)12(14(18)19-2)8-16(9)11-5-3-10(15)4-6-11/h3-8H,1-2H3. The monoisotopic (exact) mass is 261 g/mol. The van der Waals surface area contributed by atoms with E-state index >= 15 is 0 Å². The lowest BCUT2D eigenvalue weighted by atomic mass is 10.2. The molecule has 0 radical (unpaired) electrons. The topological polar surface area (TPSA) is 48.3 Å². The Kier molecular flexibility index (Phi) is 3.46. The average molecular weight is 261 g/mol. The van der Waals surface area contributed by atoms with E-state index in [-0.39, 0.29) is 11.4 Å². The minimum atomic E-state index is -0.694. The van der Waals surface area contributed by atoms with Crippen molar-refractivity contribution in [3.05, 3.63) is 63.8 Å². The molecule has 0 aliphatic heterocycles. The molecule has 0 unspecified atom stereocenters. The fourth-order valence-electron chi connectivity index (χ4n) is 1.77. The van der Waals surface area contributed by atoms with Gasteiger partial charge in [-0.05, 0) is 31.2 Å². The van der Waals surface area contributed by atoms with Crippen molar-refractivity contribution in [1.29, 1.82) is 0 Å². The van der Waals surface area contributed by atoms with E-state index in [9.17, 15) is 14.0 Å². The Hall–Kier alpha value is -2.43. The zero-order valence-corrected chi connectivity index (χ0v) is 10.5. The fraction of sp³-hybridized carbons (Fsp3) is 0.143. The molecule has 0 spiro atoms. The molecule has 2 aromatic rings. The number of ether oxygens (including phenoxy) is 1. The quantitative estimate of drug-likeness (QED) is 0.777. The minimum Gasteiger partial charge on any atom is -0.465 e. The van der Waals surface area contributed by atoms with Gasteiger partial charge in [0.15, 0.2) is 5.43 Å². The van der Waals surface area contributed by atoms with Gasteiger partial charge in [-0.15, -0.1) is 0 Å². The number of pyridine rings is 1. The second-order valence-electron chi connectivity index (χ2n) is 4.03. The van der Waals surface area contributed by atoms with Crippen LogP contribution >= 0.6 is 0 Å². The molecule has 4 nitrogen and oxygen atoms in total. The predicted molar refractivity (Wildman–Crippen MR) is 68.1 cm³/mol. The highest BCUT2D eigenvalue weighted by molar-refractivity contribution is 5.88. The molecule has 0 saturated carbocycles. The molecule has 1 aromatic carbocycles.